The number of likely N-dealkylation sites (tertiary alicyclic amines) is 1. The first-order valence-corrected chi connectivity index (χ1v) is 11.3. The number of fused-ring (bicyclic) bond motifs is 5. The summed E-state index contributed by atoms with van der Waals surface area (Å²) in [6.45, 7) is 5.65. The quantitative estimate of drug-likeness (QED) is 0.809. The van der Waals surface area contributed by atoms with Crippen molar-refractivity contribution in [3.63, 3.8) is 0 Å². The van der Waals surface area contributed by atoms with Crippen molar-refractivity contribution in [3.05, 3.63) is 29.3 Å². The molecule has 3 fully saturated rings. The van der Waals surface area contributed by atoms with E-state index >= 15 is 0 Å². The number of aliphatic hydroxyl groups is 1. The summed E-state index contributed by atoms with van der Waals surface area (Å²) in [5, 5.41) is 21.7. The molecule has 27 heavy (non-hydrogen) atoms. The molecule has 1 aromatic carbocycles. The molecule has 3 nitrogen and oxygen atoms in total. The van der Waals surface area contributed by atoms with Gasteiger partial charge in [-0.3, -0.25) is 0 Å². The number of piperidine rings is 1. The highest BCUT2D eigenvalue weighted by molar-refractivity contribution is 5.40. The van der Waals surface area contributed by atoms with Crippen molar-refractivity contribution in [2.45, 2.75) is 76.2 Å². The predicted octanol–water partition coefficient (Wildman–Crippen LogP) is 4.47. The number of hydrogen-bond donors (Lipinski definition) is 2. The van der Waals surface area contributed by atoms with Gasteiger partial charge in [0.2, 0.25) is 0 Å². The second-order valence-corrected chi connectivity index (χ2v) is 10.2. The lowest BCUT2D eigenvalue weighted by atomic mass is 9.53. The topological polar surface area (TPSA) is 43.7 Å². The molecule has 1 aromatic rings. The Bertz CT molecular complexity index is 712. The maximum atomic E-state index is 11.8. The third kappa shape index (κ3) is 2.76. The van der Waals surface area contributed by atoms with Gasteiger partial charge in [-0.2, -0.15) is 0 Å². The number of aromatic hydroxyl groups is 1. The van der Waals surface area contributed by atoms with E-state index in [1.54, 1.807) is 0 Å². The third-order valence-corrected chi connectivity index (χ3v) is 8.97. The van der Waals surface area contributed by atoms with Gasteiger partial charge in [0, 0.05) is 12.0 Å². The van der Waals surface area contributed by atoms with Crippen molar-refractivity contribution in [2.24, 2.45) is 17.3 Å². The normalized spacial score (nSPS) is 41.6. The highest BCUT2D eigenvalue weighted by Crippen LogP contribution is 2.64. The molecule has 3 aliphatic carbocycles. The van der Waals surface area contributed by atoms with E-state index in [-0.39, 0.29) is 5.41 Å². The van der Waals surface area contributed by atoms with Crippen LogP contribution in [0, 0.1) is 17.3 Å². The van der Waals surface area contributed by atoms with Crippen molar-refractivity contribution >= 4 is 0 Å². The van der Waals surface area contributed by atoms with E-state index in [1.165, 1.54) is 62.7 Å². The van der Waals surface area contributed by atoms with Crippen molar-refractivity contribution in [2.75, 3.05) is 19.6 Å². The fraction of sp³-hybridized carbons (Fsp3) is 0.750. The molecule has 0 radical (unpaired) electrons. The molecule has 5 rings (SSSR count). The van der Waals surface area contributed by atoms with Gasteiger partial charge in [-0.05, 0) is 105 Å². The Morgan fingerprint density at radius 1 is 1.07 bits per heavy atom. The zero-order chi connectivity index (χ0) is 18.6. The minimum Gasteiger partial charge on any atom is -0.508 e. The first kappa shape index (κ1) is 18.0. The molecule has 3 heteroatoms. The van der Waals surface area contributed by atoms with Crippen molar-refractivity contribution in [3.8, 4) is 5.75 Å². The largest absolute Gasteiger partial charge is 0.508 e. The zero-order valence-electron chi connectivity index (χ0n) is 16.8. The highest BCUT2D eigenvalue weighted by Gasteiger charge is 2.61. The molecule has 4 aliphatic rings. The van der Waals surface area contributed by atoms with Crippen molar-refractivity contribution in [1.29, 1.82) is 0 Å². The molecule has 0 unspecified atom stereocenters. The smallest absolute Gasteiger partial charge is 0.115 e. The molecule has 2 N–H and O–H groups in total. The SMILES string of the molecule is C[C@@]12CC[C@H]3c4ccc(O)cc4CC[C@@H]3[C@@H]1CC[C@]2(O)CN1CCCCC1. The fourth-order valence-corrected chi connectivity index (χ4v) is 7.43. The minimum absolute atomic E-state index is 0.0695. The van der Waals surface area contributed by atoms with E-state index in [9.17, 15) is 10.2 Å². The van der Waals surface area contributed by atoms with E-state index in [4.69, 9.17) is 0 Å². The van der Waals surface area contributed by atoms with Gasteiger partial charge in [0.05, 0.1) is 5.60 Å². The summed E-state index contributed by atoms with van der Waals surface area (Å²) in [6.07, 6.45) is 10.8. The Hall–Kier alpha value is -1.06. The Balaban J connectivity index is 1.40. The van der Waals surface area contributed by atoms with Crippen LogP contribution in [0.3, 0.4) is 0 Å². The van der Waals surface area contributed by atoms with E-state index in [0.717, 1.165) is 25.8 Å². The van der Waals surface area contributed by atoms with E-state index < -0.39 is 5.60 Å². The maximum absolute atomic E-state index is 11.8. The highest BCUT2D eigenvalue weighted by atomic mass is 16.3. The Morgan fingerprint density at radius 2 is 1.89 bits per heavy atom. The Kier molecular flexibility index (Phi) is 4.32. The summed E-state index contributed by atoms with van der Waals surface area (Å²) in [5.74, 6) is 2.39. The lowest BCUT2D eigenvalue weighted by Gasteiger charge is -2.54. The summed E-state index contributed by atoms with van der Waals surface area (Å²) in [6, 6.07) is 6.04. The third-order valence-electron chi connectivity index (χ3n) is 8.97. The Morgan fingerprint density at radius 3 is 2.70 bits per heavy atom. The summed E-state index contributed by atoms with van der Waals surface area (Å²) < 4.78 is 0. The second kappa shape index (κ2) is 6.49. The van der Waals surface area contributed by atoms with E-state index in [2.05, 4.69) is 17.9 Å². The lowest BCUT2D eigenvalue weighted by Crippen LogP contribution is -2.56. The summed E-state index contributed by atoms with van der Waals surface area (Å²) >= 11 is 0. The number of rotatable bonds is 2. The number of β-amino-alcohol motifs (C(OH)–C–C–N with tert-alkyl or cyclic N) is 1. The predicted molar refractivity (Wildman–Crippen MR) is 108 cm³/mol. The monoisotopic (exact) mass is 369 g/mol. The molecule has 148 valence electrons. The van der Waals surface area contributed by atoms with Crippen LogP contribution in [-0.4, -0.2) is 40.3 Å². The van der Waals surface area contributed by atoms with Crippen LogP contribution in [0.1, 0.15) is 75.3 Å². The molecule has 0 bridgehead atoms. The van der Waals surface area contributed by atoms with Crippen LogP contribution in [-0.2, 0) is 6.42 Å². The summed E-state index contributed by atoms with van der Waals surface area (Å²) in [4.78, 5) is 2.54. The van der Waals surface area contributed by atoms with Gasteiger partial charge in [-0.1, -0.05) is 19.4 Å². The van der Waals surface area contributed by atoms with Crippen molar-refractivity contribution < 1.29 is 10.2 Å². The van der Waals surface area contributed by atoms with E-state index in [1.807, 2.05) is 12.1 Å². The maximum Gasteiger partial charge on any atom is 0.115 e. The standard InChI is InChI=1S/C24H35NO2/c1-23-11-9-20-19-8-6-18(26)15-17(19)5-7-21(20)22(23)10-12-24(23,27)16-25-13-3-2-4-14-25/h6,8,15,20-22,26-27H,2-5,7,9-14,16H2,1H3/t20-,21-,22-,23+,24-/m0/s1. The number of hydrogen-bond acceptors (Lipinski definition) is 3. The van der Waals surface area contributed by atoms with E-state index in [0.29, 0.717) is 23.5 Å². The van der Waals surface area contributed by atoms with Gasteiger partial charge in [-0.15, -0.1) is 0 Å². The molecular weight excluding hydrogens is 334 g/mol. The molecule has 1 heterocycles. The van der Waals surface area contributed by atoms with Gasteiger partial charge in [0.15, 0.2) is 0 Å². The Labute approximate surface area is 163 Å². The van der Waals surface area contributed by atoms with Crippen LogP contribution in [0.15, 0.2) is 18.2 Å². The van der Waals surface area contributed by atoms with Crippen LogP contribution in [0.25, 0.3) is 0 Å². The van der Waals surface area contributed by atoms with Gasteiger partial charge in [0.1, 0.15) is 5.75 Å². The van der Waals surface area contributed by atoms with Crippen LogP contribution >= 0.6 is 0 Å². The summed E-state index contributed by atoms with van der Waals surface area (Å²) in [5.41, 5.74) is 2.41. The van der Waals surface area contributed by atoms with Crippen LogP contribution in [0.2, 0.25) is 0 Å². The molecule has 0 aromatic heterocycles. The number of aryl methyl sites for hydroxylation is 1. The molecular formula is C24H35NO2. The zero-order valence-corrected chi connectivity index (χ0v) is 16.8. The molecule has 0 spiro atoms. The molecule has 1 aliphatic heterocycles. The van der Waals surface area contributed by atoms with Crippen LogP contribution < -0.4 is 0 Å². The number of benzene rings is 1. The number of phenolic OH excluding ortho intramolecular Hbond substituents is 1. The van der Waals surface area contributed by atoms with Gasteiger partial charge in [-0.25, -0.2) is 0 Å². The van der Waals surface area contributed by atoms with Crippen molar-refractivity contribution in [1.82, 2.24) is 4.90 Å². The van der Waals surface area contributed by atoms with Crippen LogP contribution in [0.4, 0.5) is 0 Å². The summed E-state index contributed by atoms with van der Waals surface area (Å²) in [7, 11) is 0. The second-order valence-electron chi connectivity index (χ2n) is 10.2. The van der Waals surface area contributed by atoms with Crippen LogP contribution in [0.5, 0.6) is 5.75 Å². The minimum atomic E-state index is -0.505. The lowest BCUT2D eigenvalue weighted by molar-refractivity contribution is -0.118. The van der Waals surface area contributed by atoms with Gasteiger partial charge >= 0.3 is 0 Å². The number of nitrogens with zero attached hydrogens (tertiary/aromatic N) is 1. The molecule has 0 amide bonds. The average molecular weight is 370 g/mol. The molecule has 1 saturated heterocycles. The first-order chi connectivity index (χ1) is 13.0. The molecule has 5 atom stereocenters. The average Bonchev–Trinajstić information content (AvgIpc) is 2.93. The first-order valence-electron chi connectivity index (χ1n) is 11.3. The number of phenols is 1. The fourth-order valence-electron chi connectivity index (χ4n) is 7.43. The van der Waals surface area contributed by atoms with Gasteiger partial charge < -0.3 is 15.1 Å². The molecule has 2 saturated carbocycles. The van der Waals surface area contributed by atoms with Gasteiger partial charge in [0.25, 0.3) is 0 Å².